The average Bonchev–Trinajstić information content (AvgIpc) is 2.17. The van der Waals surface area contributed by atoms with Crippen molar-refractivity contribution in [3.05, 3.63) is 39.4 Å². The van der Waals surface area contributed by atoms with Gasteiger partial charge in [0, 0.05) is 5.56 Å². The van der Waals surface area contributed by atoms with Gasteiger partial charge in [0.05, 0.1) is 16.7 Å². The molecule has 0 aliphatic rings. The van der Waals surface area contributed by atoms with Crippen LogP contribution in [0.2, 0.25) is 0 Å². The van der Waals surface area contributed by atoms with Gasteiger partial charge in [0.2, 0.25) is 0 Å². The summed E-state index contributed by atoms with van der Waals surface area (Å²) in [5.74, 6) is -3.82. The first-order valence-electron chi connectivity index (χ1n) is 4.25. The number of hydrogen-bond donors (Lipinski definition) is 0. The molecule has 0 radical (unpaired) electrons. The molecule has 0 saturated heterocycles. The highest BCUT2D eigenvalue weighted by atomic mass is 32.3. The third-order valence-corrected chi connectivity index (χ3v) is 2.63. The SMILES string of the molecule is O=[N+]([O-])c1cc(F)c(F)cc1CCS(=O)(=O)F. The van der Waals surface area contributed by atoms with Crippen LogP contribution in [0.3, 0.4) is 0 Å². The lowest BCUT2D eigenvalue weighted by atomic mass is 10.1. The smallest absolute Gasteiger partial charge is 0.258 e. The Morgan fingerprint density at radius 1 is 1.24 bits per heavy atom. The normalized spacial score (nSPS) is 11.5. The third-order valence-electron chi connectivity index (χ3n) is 1.93. The molecule has 94 valence electrons. The molecule has 0 amide bonds. The highest BCUT2D eigenvalue weighted by molar-refractivity contribution is 7.86. The second-order valence-corrected chi connectivity index (χ2v) is 4.63. The number of nitro groups is 1. The molecule has 0 atom stereocenters. The van der Waals surface area contributed by atoms with Crippen molar-refractivity contribution in [2.45, 2.75) is 6.42 Å². The summed E-state index contributed by atoms with van der Waals surface area (Å²) in [5.41, 5.74) is -1.16. The van der Waals surface area contributed by atoms with Crippen molar-refractivity contribution in [3.63, 3.8) is 0 Å². The molecule has 0 bridgehead atoms. The maximum absolute atomic E-state index is 12.8. The monoisotopic (exact) mass is 269 g/mol. The molecule has 0 saturated carbocycles. The molecular formula is C8H6F3NO4S. The van der Waals surface area contributed by atoms with E-state index < -0.39 is 44.6 Å². The Morgan fingerprint density at radius 3 is 2.24 bits per heavy atom. The lowest BCUT2D eigenvalue weighted by molar-refractivity contribution is -0.385. The summed E-state index contributed by atoms with van der Waals surface area (Å²) in [6, 6.07) is 0.814. The van der Waals surface area contributed by atoms with Crippen molar-refractivity contribution in [1.82, 2.24) is 0 Å². The third kappa shape index (κ3) is 3.70. The Bertz CT molecular complexity index is 558. The number of nitro benzene ring substituents is 1. The van der Waals surface area contributed by atoms with Crippen LogP contribution in [0.1, 0.15) is 5.56 Å². The average molecular weight is 269 g/mol. The molecule has 0 aromatic heterocycles. The summed E-state index contributed by atoms with van der Waals surface area (Å²) in [6.45, 7) is 0. The highest BCUT2D eigenvalue weighted by Gasteiger charge is 2.20. The van der Waals surface area contributed by atoms with Crippen LogP contribution in [-0.4, -0.2) is 19.1 Å². The van der Waals surface area contributed by atoms with Gasteiger partial charge in [0.25, 0.3) is 5.69 Å². The minimum Gasteiger partial charge on any atom is -0.258 e. The fourth-order valence-electron chi connectivity index (χ4n) is 1.18. The van der Waals surface area contributed by atoms with Gasteiger partial charge in [0.1, 0.15) is 0 Å². The zero-order valence-corrected chi connectivity index (χ0v) is 9.01. The molecule has 17 heavy (non-hydrogen) atoms. The number of halogens is 3. The zero-order valence-electron chi connectivity index (χ0n) is 8.19. The number of rotatable bonds is 4. The van der Waals surface area contributed by atoms with Crippen LogP contribution in [0.25, 0.3) is 0 Å². The maximum Gasteiger partial charge on any atom is 0.302 e. The molecule has 1 aromatic rings. The Kier molecular flexibility index (Phi) is 3.71. The zero-order chi connectivity index (χ0) is 13.2. The lowest BCUT2D eigenvalue weighted by Gasteiger charge is -2.02. The summed E-state index contributed by atoms with van der Waals surface area (Å²) in [4.78, 5) is 9.49. The van der Waals surface area contributed by atoms with E-state index in [0.717, 1.165) is 0 Å². The predicted octanol–water partition coefficient (Wildman–Crippen LogP) is 1.71. The number of nitrogens with zero attached hydrogens (tertiary/aromatic N) is 1. The molecule has 0 heterocycles. The van der Waals surface area contributed by atoms with Crippen molar-refractivity contribution in [3.8, 4) is 0 Å². The Labute approximate surface area is 94.2 Å². The standard InChI is InChI=1S/C8H6F3NO4S/c9-6-3-5(1-2-17(11,15)16)8(12(13)14)4-7(6)10/h3-4H,1-2H2. The maximum atomic E-state index is 12.8. The van der Waals surface area contributed by atoms with Gasteiger partial charge in [-0.25, -0.2) is 8.78 Å². The van der Waals surface area contributed by atoms with Gasteiger partial charge in [-0.1, -0.05) is 0 Å². The van der Waals surface area contributed by atoms with Gasteiger partial charge in [0.15, 0.2) is 11.6 Å². The second kappa shape index (κ2) is 4.70. The summed E-state index contributed by atoms with van der Waals surface area (Å²) in [7, 11) is -4.83. The molecule has 0 unspecified atom stereocenters. The summed E-state index contributed by atoms with van der Waals surface area (Å²) in [5, 5.41) is 10.5. The minimum atomic E-state index is -4.83. The molecule has 0 aliphatic carbocycles. The minimum absolute atomic E-state index is 0.329. The Hall–Kier alpha value is -1.64. The van der Waals surface area contributed by atoms with Crippen molar-refractivity contribution >= 4 is 15.9 Å². The van der Waals surface area contributed by atoms with E-state index in [1.807, 2.05) is 0 Å². The first-order valence-corrected chi connectivity index (χ1v) is 5.80. The lowest BCUT2D eigenvalue weighted by Crippen LogP contribution is -2.06. The molecule has 0 spiro atoms. The van der Waals surface area contributed by atoms with E-state index in [0.29, 0.717) is 12.1 Å². The van der Waals surface area contributed by atoms with Gasteiger partial charge >= 0.3 is 10.2 Å². The van der Waals surface area contributed by atoms with E-state index in [1.165, 1.54) is 0 Å². The van der Waals surface area contributed by atoms with E-state index in [9.17, 15) is 31.2 Å². The molecule has 1 rings (SSSR count). The number of aryl methyl sites for hydroxylation is 1. The molecule has 9 heteroatoms. The van der Waals surface area contributed by atoms with Gasteiger partial charge in [-0.15, -0.1) is 3.89 Å². The van der Waals surface area contributed by atoms with E-state index in [4.69, 9.17) is 0 Å². The van der Waals surface area contributed by atoms with Gasteiger partial charge in [-0.3, -0.25) is 10.1 Å². The van der Waals surface area contributed by atoms with Crippen LogP contribution in [0, 0.1) is 21.7 Å². The van der Waals surface area contributed by atoms with Crippen molar-refractivity contribution in [2.75, 3.05) is 5.75 Å². The summed E-state index contributed by atoms with van der Waals surface area (Å²) < 4.78 is 58.2. The molecule has 0 aliphatic heterocycles. The van der Waals surface area contributed by atoms with Crippen LogP contribution in [0.5, 0.6) is 0 Å². The van der Waals surface area contributed by atoms with E-state index in [1.54, 1.807) is 0 Å². The van der Waals surface area contributed by atoms with E-state index in [2.05, 4.69) is 0 Å². The molecule has 1 aromatic carbocycles. The number of benzene rings is 1. The summed E-state index contributed by atoms with van der Waals surface area (Å²) >= 11 is 0. The quantitative estimate of drug-likeness (QED) is 0.473. The molecule has 0 N–H and O–H groups in total. The Balaban J connectivity index is 3.13. The van der Waals surface area contributed by atoms with E-state index in [-0.39, 0.29) is 5.56 Å². The van der Waals surface area contributed by atoms with Crippen LogP contribution < -0.4 is 0 Å². The predicted molar refractivity (Wildman–Crippen MR) is 51.6 cm³/mol. The summed E-state index contributed by atoms with van der Waals surface area (Å²) in [6.07, 6.45) is -0.605. The van der Waals surface area contributed by atoms with Crippen LogP contribution >= 0.6 is 0 Å². The van der Waals surface area contributed by atoms with E-state index >= 15 is 0 Å². The van der Waals surface area contributed by atoms with Gasteiger partial charge in [-0.2, -0.15) is 8.42 Å². The van der Waals surface area contributed by atoms with Crippen molar-refractivity contribution < 1.29 is 26.0 Å². The first-order chi connectivity index (χ1) is 7.70. The largest absolute Gasteiger partial charge is 0.302 e. The first kappa shape index (κ1) is 13.4. The second-order valence-electron chi connectivity index (χ2n) is 3.15. The number of hydrogen-bond acceptors (Lipinski definition) is 4. The topological polar surface area (TPSA) is 77.3 Å². The Morgan fingerprint density at radius 2 is 1.76 bits per heavy atom. The van der Waals surface area contributed by atoms with Crippen molar-refractivity contribution in [2.24, 2.45) is 0 Å². The fraction of sp³-hybridized carbons (Fsp3) is 0.250. The van der Waals surface area contributed by atoms with Crippen molar-refractivity contribution in [1.29, 1.82) is 0 Å². The van der Waals surface area contributed by atoms with Crippen LogP contribution in [0.4, 0.5) is 18.4 Å². The van der Waals surface area contributed by atoms with Gasteiger partial charge < -0.3 is 0 Å². The van der Waals surface area contributed by atoms with Gasteiger partial charge in [-0.05, 0) is 12.5 Å². The highest BCUT2D eigenvalue weighted by Crippen LogP contribution is 2.23. The fourth-order valence-corrected chi connectivity index (χ4v) is 1.64. The molecule has 5 nitrogen and oxygen atoms in total. The molecular weight excluding hydrogens is 263 g/mol. The van der Waals surface area contributed by atoms with Crippen LogP contribution in [-0.2, 0) is 16.6 Å². The van der Waals surface area contributed by atoms with Crippen LogP contribution in [0.15, 0.2) is 12.1 Å². The molecule has 0 fully saturated rings.